The number of benzene rings is 1. The van der Waals surface area contributed by atoms with E-state index in [-0.39, 0.29) is 24.2 Å². The van der Waals surface area contributed by atoms with Gasteiger partial charge in [-0.3, -0.25) is 4.79 Å². The Morgan fingerprint density at radius 1 is 1.17 bits per heavy atom. The first-order valence-electron chi connectivity index (χ1n) is 8.98. The topological polar surface area (TPSA) is 61.4 Å². The molecule has 3 fully saturated rings. The number of hydrogen-bond acceptors (Lipinski definition) is 3. The van der Waals surface area contributed by atoms with Crippen molar-refractivity contribution in [2.24, 2.45) is 23.7 Å². The maximum atomic E-state index is 12.9. The lowest BCUT2D eigenvalue weighted by Crippen LogP contribution is -2.49. The van der Waals surface area contributed by atoms with Crippen LogP contribution in [-0.2, 0) is 10.4 Å². The van der Waals surface area contributed by atoms with Crippen LogP contribution in [-0.4, -0.2) is 30.6 Å². The minimum atomic E-state index is -1.37. The Balaban J connectivity index is 0.00000169. The number of amides is 1. The third kappa shape index (κ3) is 2.96. The van der Waals surface area contributed by atoms with Gasteiger partial charge >= 0.3 is 0 Å². The summed E-state index contributed by atoms with van der Waals surface area (Å²) >= 11 is 0. The number of rotatable bonds is 5. The van der Waals surface area contributed by atoms with E-state index in [1.54, 1.807) is 0 Å². The Morgan fingerprint density at radius 3 is 2.42 bits per heavy atom. The van der Waals surface area contributed by atoms with Gasteiger partial charge in [0.2, 0.25) is 0 Å². The average Bonchev–Trinajstić information content (AvgIpc) is 3.02. The number of carbonyl (C=O) groups excluding carboxylic acids is 1. The van der Waals surface area contributed by atoms with E-state index in [0.29, 0.717) is 12.5 Å². The summed E-state index contributed by atoms with van der Waals surface area (Å²) in [5.74, 6) is 1.89. The fraction of sp³-hybridized carbons (Fsp3) is 0.632. The van der Waals surface area contributed by atoms with Crippen molar-refractivity contribution in [3.63, 3.8) is 0 Å². The first-order chi connectivity index (χ1) is 11.2. The normalized spacial score (nSPS) is 31.0. The highest BCUT2D eigenvalue weighted by Gasteiger charge is 2.53. The second kappa shape index (κ2) is 7.03. The molecule has 1 heterocycles. The number of halogens is 1. The smallest absolute Gasteiger partial charge is 0.256 e. The fourth-order valence-electron chi connectivity index (χ4n) is 4.78. The second-order valence-corrected chi connectivity index (χ2v) is 7.47. The largest absolute Gasteiger partial charge is 0.375 e. The van der Waals surface area contributed by atoms with E-state index in [2.05, 4.69) is 10.6 Å². The Kier molecular flexibility index (Phi) is 5.19. The van der Waals surface area contributed by atoms with Crippen molar-refractivity contribution in [3.8, 4) is 0 Å². The van der Waals surface area contributed by atoms with Crippen molar-refractivity contribution < 1.29 is 9.90 Å². The lowest BCUT2D eigenvalue weighted by molar-refractivity contribution is -0.147. The van der Waals surface area contributed by atoms with E-state index in [4.69, 9.17) is 0 Å². The Bertz CT molecular complexity index is 566. The highest BCUT2D eigenvalue weighted by atomic mass is 35.5. The Labute approximate surface area is 149 Å². The Hall–Kier alpha value is -1.10. The van der Waals surface area contributed by atoms with Crippen LogP contribution in [0.5, 0.6) is 0 Å². The maximum absolute atomic E-state index is 12.9. The number of nitrogens with one attached hydrogen (secondary N) is 2. The van der Waals surface area contributed by atoms with Crippen LogP contribution >= 0.6 is 12.4 Å². The van der Waals surface area contributed by atoms with Crippen molar-refractivity contribution in [1.82, 2.24) is 10.6 Å². The summed E-state index contributed by atoms with van der Waals surface area (Å²) in [6.45, 7) is 2.87. The minimum Gasteiger partial charge on any atom is -0.375 e. The zero-order chi connectivity index (χ0) is 15.9. The third-order valence-electron chi connectivity index (χ3n) is 6.27. The lowest BCUT2D eigenvalue weighted by atomic mass is 9.79. The van der Waals surface area contributed by atoms with Crippen LogP contribution in [0.1, 0.15) is 31.2 Å². The van der Waals surface area contributed by atoms with Gasteiger partial charge in [0, 0.05) is 12.5 Å². The SMILES string of the molecule is Cl.O=C(NCC1[C@H]2CNC[C@@H]12)C(O)(c1ccccc1)C1CCCC1. The van der Waals surface area contributed by atoms with E-state index in [0.717, 1.165) is 56.2 Å². The van der Waals surface area contributed by atoms with Gasteiger partial charge in [0.25, 0.3) is 5.91 Å². The molecular weight excluding hydrogens is 324 g/mol. The fourth-order valence-corrected chi connectivity index (χ4v) is 4.78. The van der Waals surface area contributed by atoms with Crippen LogP contribution in [0.25, 0.3) is 0 Å². The monoisotopic (exact) mass is 350 g/mol. The zero-order valence-electron chi connectivity index (χ0n) is 13.9. The standard InChI is InChI=1S/C19H26N2O2.ClH/c22-18(21-12-17-15-10-20-11-16(15)17)19(23,14-8-4-5-9-14)13-6-2-1-3-7-13;/h1-3,6-7,14-17,20,23H,4-5,8-12H2,(H,21,22);1H/t15-,16+,17?,19?;. The Morgan fingerprint density at radius 2 is 1.79 bits per heavy atom. The number of aliphatic hydroxyl groups is 1. The second-order valence-electron chi connectivity index (χ2n) is 7.47. The van der Waals surface area contributed by atoms with Gasteiger partial charge in [-0.2, -0.15) is 0 Å². The predicted octanol–water partition coefficient (Wildman–Crippen LogP) is 2.07. The van der Waals surface area contributed by atoms with Crippen LogP contribution in [0.4, 0.5) is 0 Å². The summed E-state index contributed by atoms with van der Waals surface area (Å²) in [5.41, 5.74) is -0.637. The van der Waals surface area contributed by atoms with Crippen molar-refractivity contribution >= 4 is 18.3 Å². The van der Waals surface area contributed by atoms with E-state index in [1.165, 1.54) is 0 Å². The molecule has 1 aromatic carbocycles. The molecule has 24 heavy (non-hydrogen) atoms. The number of fused-ring (bicyclic) bond motifs is 1. The van der Waals surface area contributed by atoms with Gasteiger partial charge in [-0.05, 0) is 49.2 Å². The number of carbonyl (C=O) groups is 1. The molecule has 3 N–H and O–H groups in total. The third-order valence-corrected chi connectivity index (χ3v) is 6.27. The maximum Gasteiger partial charge on any atom is 0.256 e. The first kappa shape index (κ1) is 17.7. The average molecular weight is 351 g/mol. The summed E-state index contributed by atoms with van der Waals surface area (Å²) in [6, 6.07) is 9.50. The molecule has 1 amide bonds. The van der Waals surface area contributed by atoms with Crippen LogP contribution in [0.15, 0.2) is 30.3 Å². The number of piperidine rings is 1. The summed E-state index contributed by atoms with van der Waals surface area (Å²) in [4.78, 5) is 12.9. The van der Waals surface area contributed by atoms with Gasteiger partial charge in [0.05, 0.1) is 0 Å². The van der Waals surface area contributed by atoms with Crippen molar-refractivity contribution in [2.45, 2.75) is 31.3 Å². The molecule has 5 heteroatoms. The highest BCUT2D eigenvalue weighted by molar-refractivity contribution is 5.86. The zero-order valence-corrected chi connectivity index (χ0v) is 14.7. The molecule has 4 rings (SSSR count). The molecule has 0 aromatic heterocycles. The summed E-state index contributed by atoms with van der Waals surface area (Å²) in [6.07, 6.45) is 4.06. The van der Waals surface area contributed by atoms with Crippen molar-refractivity contribution in [3.05, 3.63) is 35.9 Å². The molecule has 0 bridgehead atoms. The van der Waals surface area contributed by atoms with E-state index < -0.39 is 5.60 Å². The summed E-state index contributed by atoms with van der Waals surface area (Å²) in [7, 11) is 0. The summed E-state index contributed by atoms with van der Waals surface area (Å²) < 4.78 is 0. The van der Waals surface area contributed by atoms with Gasteiger partial charge in [0.1, 0.15) is 0 Å². The van der Waals surface area contributed by atoms with Crippen molar-refractivity contribution in [2.75, 3.05) is 19.6 Å². The van der Waals surface area contributed by atoms with Gasteiger partial charge in [-0.1, -0.05) is 43.2 Å². The number of hydrogen-bond donors (Lipinski definition) is 3. The molecule has 1 aliphatic heterocycles. The molecule has 3 aliphatic rings. The molecule has 2 saturated carbocycles. The quantitative estimate of drug-likeness (QED) is 0.761. The van der Waals surface area contributed by atoms with Crippen molar-refractivity contribution in [1.29, 1.82) is 0 Å². The molecule has 1 saturated heterocycles. The highest BCUT2D eigenvalue weighted by Crippen LogP contribution is 2.48. The molecule has 132 valence electrons. The van der Waals surface area contributed by atoms with Gasteiger partial charge in [-0.15, -0.1) is 12.4 Å². The van der Waals surface area contributed by atoms with E-state index >= 15 is 0 Å². The molecule has 2 unspecified atom stereocenters. The first-order valence-corrected chi connectivity index (χ1v) is 8.98. The van der Waals surface area contributed by atoms with E-state index in [9.17, 15) is 9.90 Å². The van der Waals surface area contributed by atoms with Gasteiger partial charge in [0.15, 0.2) is 5.60 Å². The minimum absolute atomic E-state index is 0. The predicted molar refractivity (Wildman–Crippen MR) is 95.9 cm³/mol. The van der Waals surface area contributed by atoms with Crippen LogP contribution in [0, 0.1) is 23.7 Å². The van der Waals surface area contributed by atoms with E-state index in [1.807, 2.05) is 30.3 Å². The van der Waals surface area contributed by atoms with Crippen LogP contribution < -0.4 is 10.6 Å². The lowest BCUT2D eigenvalue weighted by Gasteiger charge is -2.33. The van der Waals surface area contributed by atoms with Crippen LogP contribution in [0.2, 0.25) is 0 Å². The van der Waals surface area contributed by atoms with Gasteiger partial charge in [-0.25, -0.2) is 0 Å². The summed E-state index contributed by atoms with van der Waals surface area (Å²) in [5, 5.41) is 17.8. The van der Waals surface area contributed by atoms with Crippen LogP contribution in [0.3, 0.4) is 0 Å². The molecular formula is C19H27ClN2O2. The molecule has 0 radical (unpaired) electrons. The molecule has 4 nitrogen and oxygen atoms in total. The molecule has 0 spiro atoms. The molecule has 4 atom stereocenters. The molecule has 1 aromatic rings. The molecule has 2 aliphatic carbocycles. The van der Waals surface area contributed by atoms with Gasteiger partial charge < -0.3 is 15.7 Å².